The summed E-state index contributed by atoms with van der Waals surface area (Å²) >= 11 is 0. The summed E-state index contributed by atoms with van der Waals surface area (Å²) in [5.41, 5.74) is 0.302. The second kappa shape index (κ2) is 5.47. The Morgan fingerprint density at radius 2 is 2.20 bits per heavy atom. The zero-order valence-electron chi connectivity index (χ0n) is 8.65. The number of aromatic nitrogens is 1. The number of carboxylic acid groups (broad SMARTS) is 1. The zero-order chi connectivity index (χ0) is 11.3. The van der Waals surface area contributed by atoms with E-state index in [4.69, 9.17) is 19.0 Å². The summed E-state index contributed by atoms with van der Waals surface area (Å²) in [4.78, 5) is 14.8. The van der Waals surface area contributed by atoms with Gasteiger partial charge in [-0.1, -0.05) is 0 Å². The molecule has 15 heavy (non-hydrogen) atoms. The van der Waals surface area contributed by atoms with Crippen LogP contribution in [0.1, 0.15) is 22.1 Å². The van der Waals surface area contributed by atoms with Crippen LogP contribution in [0, 0.1) is 0 Å². The molecule has 0 amide bonds. The molecule has 0 fully saturated rings. The van der Waals surface area contributed by atoms with Crippen LogP contribution in [0.5, 0.6) is 0 Å². The number of hydrogen-bond donors (Lipinski definition) is 1. The highest BCUT2D eigenvalue weighted by molar-refractivity contribution is 5.85. The molecule has 6 nitrogen and oxygen atoms in total. The first-order valence-corrected chi connectivity index (χ1v) is 4.38. The van der Waals surface area contributed by atoms with E-state index in [1.165, 1.54) is 7.11 Å². The molecule has 0 aliphatic rings. The predicted molar refractivity (Wildman–Crippen MR) is 49.8 cm³/mol. The molecule has 0 saturated carbocycles. The smallest absolute Gasteiger partial charge is 0.373 e. The highest BCUT2D eigenvalue weighted by Gasteiger charge is 2.18. The fourth-order valence-electron chi connectivity index (χ4n) is 1.10. The maximum Gasteiger partial charge on any atom is 0.373 e. The second-order valence-corrected chi connectivity index (χ2v) is 2.86. The third kappa shape index (κ3) is 3.03. The Kier molecular flexibility index (Phi) is 4.26. The largest absolute Gasteiger partial charge is 0.475 e. The van der Waals surface area contributed by atoms with Crippen LogP contribution >= 0.6 is 0 Å². The molecule has 0 aromatic carbocycles. The molecule has 0 radical (unpaired) electrons. The van der Waals surface area contributed by atoms with Gasteiger partial charge in [-0.2, -0.15) is 0 Å². The molecule has 1 N–H and O–H groups in total. The van der Waals surface area contributed by atoms with E-state index in [1.807, 2.05) is 0 Å². The summed E-state index contributed by atoms with van der Waals surface area (Å²) in [7, 11) is 3.02. The fourth-order valence-corrected chi connectivity index (χ4v) is 1.10. The van der Waals surface area contributed by atoms with E-state index in [0.717, 1.165) is 0 Å². The van der Waals surface area contributed by atoms with Gasteiger partial charge in [-0.05, 0) is 0 Å². The highest BCUT2D eigenvalue weighted by Crippen LogP contribution is 2.12. The standard InChI is InChI=1S/C9H13NO5/c1-13-4-3-7-10-6(5-14-2)8(15-7)9(11)12/h3-5H2,1-2H3,(H,11,12). The summed E-state index contributed by atoms with van der Waals surface area (Å²) in [6.07, 6.45) is 0.445. The summed E-state index contributed by atoms with van der Waals surface area (Å²) in [6.45, 7) is 0.560. The highest BCUT2D eigenvalue weighted by atomic mass is 16.5. The van der Waals surface area contributed by atoms with Gasteiger partial charge in [-0.15, -0.1) is 0 Å². The fraction of sp³-hybridized carbons (Fsp3) is 0.556. The average molecular weight is 215 g/mol. The van der Waals surface area contributed by atoms with E-state index >= 15 is 0 Å². The molecule has 0 spiro atoms. The minimum absolute atomic E-state index is 0.123. The summed E-state index contributed by atoms with van der Waals surface area (Å²) in [5, 5.41) is 8.81. The van der Waals surface area contributed by atoms with E-state index in [9.17, 15) is 4.79 Å². The van der Waals surface area contributed by atoms with Gasteiger partial charge >= 0.3 is 5.97 Å². The third-order valence-electron chi connectivity index (χ3n) is 1.74. The topological polar surface area (TPSA) is 81.8 Å². The lowest BCUT2D eigenvalue weighted by Crippen LogP contribution is -2.00. The van der Waals surface area contributed by atoms with Crippen molar-refractivity contribution in [1.82, 2.24) is 4.98 Å². The predicted octanol–water partition coefficient (Wildman–Crippen LogP) is 0.708. The van der Waals surface area contributed by atoms with Crippen LogP contribution in [0.15, 0.2) is 4.42 Å². The molecule has 1 rings (SSSR count). The number of methoxy groups -OCH3 is 2. The molecule has 0 bridgehead atoms. The molecule has 0 saturated heterocycles. The Morgan fingerprint density at radius 1 is 1.47 bits per heavy atom. The van der Waals surface area contributed by atoms with E-state index in [1.54, 1.807) is 7.11 Å². The van der Waals surface area contributed by atoms with Crippen molar-refractivity contribution in [2.45, 2.75) is 13.0 Å². The maximum atomic E-state index is 10.8. The monoisotopic (exact) mass is 215 g/mol. The minimum atomic E-state index is -1.14. The first-order chi connectivity index (χ1) is 7.19. The SMILES string of the molecule is COCCc1nc(COC)c(C(=O)O)o1. The number of oxazole rings is 1. The number of ether oxygens (including phenoxy) is 2. The van der Waals surface area contributed by atoms with Gasteiger partial charge in [0.2, 0.25) is 5.76 Å². The lowest BCUT2D eigenvalue weighted by molar-refractivity contribution is 0.0652. The Labute approximate surface area is 86.8 Å². The van der Waals surface area contributed by atoms with Crippen LogP contribution in [0.25, 0.3) is 0 Å². The lowest BCUT2D eigenvalue weighted by Gasteiger charge is -1.92. The minimum Gasteiger partial charge on any atom is -0.475 e. The molecule has 0 aliphatic heterocycles. The summed E-state index contributed by atoms with van der Waals surface area (Å²) in [6, 6.07) is 0. The Morgan fingerprint density at radius 3 is 2.73 bits per heavy atom. The first kappa shape index (κ1) is 11.7. The molecule has 0 atom stereocenters. The van der Waals surface area contributed by atoms with Gasteiger partial charge in [0, 0.05) is 20.6 Å². The molecule has 0 aliphatic carbocycles. The van der Waals surface area contributed by atoms with E-state index in [-0.39, 0.29) is 12.4 Å². The normalized spacial score (nSPS) is 10.5. The molecule has 6 heteroatoms. The molecule has 1 aromatic heterocycles. The van der Waals surface area contributed by atoms with Crippen LogP contribution in [-0.4, -0.2) is 36.9 Å². The zero-order valence-corrected chi connectivity index (χ0v) is 8.65. The van der Waals surface area contributed by atoms with E-state index in [0.29, 0.717) is 24.6 Å². The Balaban J connectivity index is 2.83. The van der Waals surface area contributed by atoms with Gasteiger partial charge in [-0.25, -0.2) is 9.78 Å². The summed E-state index contributed by atoms with van der Waals surface area (Å²) in [5.74, 6) is -0.956. The summed E-state index contributed by atoms with van der Waals surface area (Å²) < 4.78 is 14.7. The molecule has 84 valence electrons. The van der Waals surface area contributed by atoms with Gasteiger partial charge in [-0.3, -0.25) is 0 Å². The van der Waals surface area contributed by atoms with Crippen molar-refractivity contribution in [3.05, 3.63) is 17.3 Å². The van der Waals surface area contributed by atoms with E-state index < -0.39 is 5.97 Å². The third-order valence-corrected chi connectivity index (χ3v) is 1.74. The number of aromatic carboxylic acids is 1. The molecule has 1 heterocycles. The number of rotatable bonds is 6. The number of carboxylic acids is 1. The number of nitrogens with zero attached hydrogens (tertiary/aromatic N) is 1. The van der Waals surface area contributed by atoms with Crippen molar-refractivity contribution in [2.24, 2.45) is 0 Å². The van der Waals surface area contributed by atoms with E-state index in [2.05, 4.69) is 4.98 Å². The van der Waals surface area contributed by atoms with Crippen molar-refractivity contribution < 1.29 is 23.8 Å². The van der Waals surface area contributed by atoms with Gasteiger partial charge in [0.05, 0.1) is 13.2 Å². The van der Waals surface area contributed by atoms with Crippen molar-refractivity contribution in [3.63, 3.8) is 0 Å². The lowest BCUT2D eigenvalue weighted by atomic mass is 10.3. The Bertz CT molecular complexity index is 333. The van der Waals surface area contributed by atoms with Crippen molar-refractivity contribution >= 4 is 5.97 Å². The van der Waals surface area contributed by atoms with Gasteiger partial charge in [0.25, 0.3) is 0 Å². The second-order valence-electron chi connectivity index (χ2n) is 2.86. The van der Waals surface area contributed by atoms with Crippen molar-refractivity contribution in [3.8, 4) is 0 Å². The average Bonchev–Trinajstić information content (AvgIpc) is 2.59. The van der Waals surface area contributed by atoms with Gasteiger partial charge < -0.3 is 19.0 Å². The molecular weight excluding hydrogens is 202 g/mol. The van der Waals surface area contributed by atoms with Crippen LogP contribution < -0.4 is 0 Å². The number of hydrogen-bond acceptors (Lipinski definition) is 5. The van der Waals surface area contributed by atoms with Gasteiger partial charge in [0.15, 0.2) is 5.89 Å². The first-order valence-electron chi connectivity index (χ1n) is 4.38. The van der Waals surface area contributed by atoms with Crippen LogP contribution in [0.2, 0.25) is 0 Å². The van der Waals surface area contributed by atoms with Crippen molar-refractivity contribution in [2.75, 3.05) is 20.8 Å². The molecular formula is C9H13NO5. The van der Waals surface area contributed by atoms with Crippen LogP contribution in [-0.2, 0) is 22.5 Å². The quantitative estimate of drug-likeness (QED) is 0.752. The van der Waals surface area contributed by atoms with Crippen molar-refractivity contribution in [1.29, 1.82) is 0 Å². The van der Waals surface area contributed by atoms with Crippen LogP contribution in [0.4, 0.5) is 0 Å². The van der Waals surface area contributed by atoms with Crippen LogP contribution in [0.3, 0.4) is 0 Å². The Hall–Kier alpha value is -1.40. The van der Waals surface area contributed by atoms with Gasteiger partial charge in [0.1, 0.15) is 5.69 Å². The maximum absolute atomic E-state index is 10.8. The molecule has 1 aromatic rings. The molecule has 0 unspecified atom stereocenters. The number of carbonyl (C=O) groups is 1.